The van der Waals surface area contributed by atoms with Crippen LogP contribution in [0.15, 0.2) is 30.3 Å². The van der Waals surface area contributed by atoms with Gasteiger partial charge in [-0.1, -0.05) is 30.3 Å². The minimum absolute atomic E-state index is 0.233. The maximum absolute atomic E-state index is 6.10. The van der Waals surface area contributed by atoms with Crippen molar-refractivity contribution in [2.24, 2.45) is 11.1 Å². The highest BCUT2D eigenvalue weighted by molar-refractivity contribution is 5.14. The molecule has 0 saturated carbocycles. The molecule has 1 aliphatic rings. The van der Waals surface area contributed by atoms with Crippen LogP contribution in [0.5, 0.6) is 0 Å². The molecule has 0 aliphatic carbocycles. The maximum atomic E-state index is 6.10. The molecular weight excluding hydrogens is 248 g/mol. The molecule has 0 amide bonds. The van der Waals surface area contributed by atoms with Gasteiger partial charge in [-0.3, -0.25) is 4.90 Å². The normalized spacial score (nSPS) is 18.6. The van der Waals surface area contributed by atoms with Gasteiger partial charge in [-0.2, -0.15) is 0 Å². The second-order valence-electron chi connectivity index (χ2n) is 6.30. The lowest BCUT2D eigenvalue weighted by molar-refractivity contribution is -0.00700. The van der Waals surface area contributed by atoms with E-state index in [1.165, 1.54) is 5.56 Å². The Morgan fingerprint density at radius 3 is 2.40 bits per heavy atom. The van der Waals surface area contributed by atoms with Gasteiger partial charge in [0.25, 0.3) is 0 Å². The van der Waals surface area contributed by atoms with Crippen LogP contribution in [-0.2, 0) is 11.3 Å². The predicted molar refractivity (Wildman–Crippen MR) is 83.5 cm³/mol. The summed E-state index contributed by atoms with van der Waals surface area (Å²) < 4.78 is 5.51. The Labute approximate surface area is 123 Å². The smallest absolute Gasteiger partial charge is 0.0472 e. The van der Waals surface area contributed by atoms with Gasteiger partial charge in [-0.05, 0) is 44.2 Å². The van der Waals surface area contributed by atoms with Crippen LogP contribution in [0.2, 0.25) is 0 Å². The number of hydrogen-bond acceptors (Lipinski definition) is 3. The first kappa shape index (κ1) is 15.5. The number of hydrogen-bond donors (Lipinski definition) is 1. The molecule has 1 aromatic rings. The van der Waals surface area contributed by atoms with E-state index in [0.717, 1.165) is 45.7 Å². The standard InChI is InChI=1S/C17H28N2O/c1-15(2)19(12-16-6-4-3-5-7-16)14-17(13-18)8-10-20-11-9-17/h3-7,15H,8-14,18H2,1-2H3. The highest BCUT2D eigenvalue weighted by atomic mass is 16.5. The summed E-state index contributed by atoms with van der Waals surface area (Å²) in [6.07, 6.45) is 2.17. The molecule has 0 atom stereocenters. The highest BCUT2D eigenvalue weighted by Crippen LogP contribution is 2.31. The van der Waals surface area contributed by atoms with Crippen LogP contribution in [0.25, 0.3) is 0 Å². The fraction of sp³-hybridized carbons (Fsp3) is 0.647. The third-order valence-electron chi connectivity index (χ3n) is 4.48. The van der Waals surface area contributed by atoms with Crippen LogP contribution < -0.4 is 5.73 Å². The molecule has 0 spiro atoms. The number of rotatable bonds is 6. The van der Waals surface area contributed by atoms with E-state index in [1.54, 1.807) is 0 Å². The molecule has 0 unspecified atom stereocenters. The Bertz CT molecular complexity index is 385. The molecule has 112 valence electrons. The molecule has 1 saturated heterocycles. The second-order valence-corrected chi connectivity index (χ2v) is 6.30. The molecule has 0 aromatic heterocycles. The van der Waals surface area contributed by atoms with Crippen molar-refractivity contribution in [2.75, 3.05) is 26.3 Å². The largest absolute Gasteiger partial charge is 0.381 e. The Balaban J connectivity index is 2.04. The van der Waals surface area contributed by atoms with E-state index in [1.807, 2.05) is 0 Å². The number of benzene rings is 1. The average Bonchev–Trinajstić information content (AvgIpc) is 2.48. The van der Waals surface area contributed by atoms with Crippen molar-refractivity contribution < 1.29 is 4.74 Å². The van der Waals surface area contributed by atoms with Gasteiger partial charge in [0.15, 0.2) is 0 Å². The first-order chi connectivity index (χ1) is 9.65. The highest BCUT2D eigenvalue weighted by Gasteiger charge is 2.33. The topological polar surface area (TPSA) is 38.5 Å². The Kier molecular flexibility index (Phi) is 5.58. The van der Waals surface area contributed by atoms with Crippen molar-refractivity contribution in [1.82, 2.24) is 4.90 Å². The van der Waals surface area contributed by atoms with Crippen LogP contribution >= 0.6 is 0 Å². The average molecular weight is 276 g/mol. The van der Waals surface area contributed by atoms with Crippen LogP contribution in [0.3, 0.4) is 0 Å². The third kappa shape index (κ3) is 4.05. The number of nitrogens with two attached hydrogens (primary N) is 1. The van der Waals surface area contributed by atoms with Gasteiger partial charge in [0.1, 0.15) is 0 Å². The Morgan fingerprint density at radius 1 is 1.20 bits per heavy atom. The molecule has 20 heavy (non-hydrogen) atoms. The number of nitrogens with zero attached hydrogens (tertiary/aromatic N) is 1. The lowest BCUT2D eigenvalue weighted by Crippen LogP contribution is -2.47. The molecule has 1 aliphatic heterocycles. The van der Waals surface area contributed by atoms with Gasteiger partial charge in [-0.25, -0.2) is 0 Å². The summed E-state index contributed by atoms with van der Waals surface area (Å²) in [5.74, 6) is 0. The van der Waals surface area contributed by atoms with E-state index in [-0.39, 0.29) is 5.41 Å². The lowest BCUT2D eigenvalue weighted by Gasteiger charge is -2.41. The van der Waals surface area contributed by atoms with Gasteiger partial charge in [0.2, 0.25) is 0 Å². The van der Waals surface area contributed by atoms with Crippen LogP contribution in [0, 0.1) is 5.41 Å². The van der Waals surface area contributed by atoms with Crippen molar-refractivity contribution in [2.45, 2.75) is 39.3 Å². The fourth-order valence-corrected chi connectivity index (χ4v) is 2.90. The van der Waals surface area contributed by atoms with E-state index in [4.69, 9.17) is 10.5 Å². The van der Waals surface area contributed by atoms with Gasteiger partial charge < -0.3 is 10.5 Å². The molecule has 1 aromatic carbocycles. The zero-order valence-corrected chi connectivity index (χ0v) is 12.8. The molecule has 2 N–H and O–H groups in total. The second kappa shape index (κ2) is 7.21. The van der Waals surface area contributed by atoms with Crippen LogP contribution in [0.1, 0.15) is 32.3 Å². The molecule has 3 nitrogen and oxygen atoms in total. The molecule has 1 heterocycles. The van der Waals surface area contributed by atoms with Crippen molar-refractivity contribution in [3.8, 4) is 0 Å². The zero-order valence-electron chi connectivity index (χ0n) is 12.8. The first-order valence-electron chi connectivity index (χ1n) is 7.71. The predicted octanol–water partition coefficient (Wildman–Crippen LogP) is 2.65. The first-order valence-corrected chi connectivity index (χ1v) is 7.71. The minimum Gasteiger partial charge on any atom is -0.381 e. The van der Waals surface area contributed by atoms with Gasteiger partial charge in [-0.15, -0.1) is 0 Å². The van der Waals surface area contributed by atoms with Gasteiger partial charge in [0, 0.05) is 32.3 Å². The fourth-order valence-electron chi connectivity index (χ4n) is 2.90. The van der Waals surface area contributed by atoms with E-state index in [9.17, 15) is 0 Å². The molecule has 2 rings (SSSR count). The number of ether oxygens (including phenoxy) is 1. The van der Waals surface area contributed by atoms with Crippen LogP contribution in [-0.4, -0.2) is 37.2 Å². The lowest BCUT2D eigenvalue weighted by atomic mass is 9.79. The molecular formula is C17H28N2O. The molecule has 3 heteroatoms. The maximum Gasteiger partial charge on any atom is 0.0472 e. The van der Waals surface area contributed by atoms with Crippen LogP contribution in [0.4, 0.5) is 0 Å². The van der Waals surface area contributed by atoms with Gasteiger partial charge >= 0.3 is 0 Å². The Morgan fingerprint density at radius 2 is 1.85 bits per heavy atom. The van der Waals surface area contributed by atoms with E-state index >= 15 is 0 Å². The van der Waals surface area contributed by atoms with E-state index < -0.39 is 0 Å². The zero-order chi connectivity index (χ0) is 14.4. The molecule has 0 bridgehead atoms. The summed E-state index contributed by atoms with van der Waals surface area (Å²) in [4.78, 5) is 2.55. The van der Waals surface area contributed by atoms with E-state index in [2.05, 4.69) is 49.1 Å². The van der Waals surface area contributed by atoms with Crippen molar-refractivity contribution in [3.05, 3.63) is 35.9 Å². The minimum atomic E-state index is 0.233. The molecule has 0 radical (unpaired) electrons. The summed E-state index contributed by atoms with van der Waals surface area (Å²) in [5.41, 5.74) is 7.71. The summed E-state index contributed by atoms with van der Waals surface area (Å²) in [6.45, 7) is 9.08. The monoisotopic (exact) mass is 276 g/mol. The SMILES string of the molecule is CC(C)N(Cc1ccccc1)CC1(CN)CCOCC1. The third-order valence-corrected chi connectivity index (χ3v) is 4.48. The quantitative estimate of drug-likeness (QED) is 0.868. The Hall–Kier alpha value is -0.900. The summed E-state index contributed by atoms with van der Waals surface area (Å²) in [6, 6.07) is 11.2. The summed E-state index contributed by atoms with van der Waals surface area (Å²) >= 11 is 0. The van der Waals surface area contributed by atoms with E-state index in [0.29, 0.717) is 6.04 Å². The van der Waals surface area contributed by atoms with Crippen molar-refractivity contribution in [3.63, 3.8) is 0 Å². The summed E-state index contributed by atoms with van der Waals surface area (Å²) in [5, 5.41) is 0. The van der Waals surface area contributed by atoms with Crippen molar-refractivity contribution in [1.29, 1.82) is 0 Å². The molecule has 1 fully saturated rings. The van der Waals surface area contributed by atoms with Crippen molar-refractivity contribution >= 4 is 0 Å². The summed E-state index contributed by atoms with van der Waals surface area (Å²) in [7, 11) is 0. The van der Waals surface area contributed by atoms with Gasteiger partial charge in [0.05, 0.1) is 0 Å².